The van der Waals surface area contributed by atoms with Crippen LogP contribution in [0.1, 0.15) is 0 Å². The molecule has 0 unspecified atom stereocenters. The first-order chi connectivity index (χ1) is 4.22. The zero-order chi connectivity index (χ0) is 6.85. The van der Waals surface area contributed by atoms with Gasteiger partial charge >= 0.3 is 0 Å². The largest absolute Gasteiger partial charge is 0.269 e. The Balaban J connectivity index is -0.0000000540. The van der Waals surface area contributed by atoms with E-state index < -0.39 is 0 Å². The van der Waals surface area contributed by atoms with E-state index in [1.54, 1.807) is 6.07 Å². The average molecular weight is 339 g/mol. The zero-order valence-corrected chi connectivity index (χ0v) is 10.4. The van der Waals surface area contributed by atoms with Gasteiger partial charge in [0.25, 0.3) is 0 Å². The Kier molecular flexibility index (Phi) is 27.6. The van der Waals surface area contributed by atoms with E-state index in [2.05, 4.69) is 15.9 Å². The van der Waals surface area contributed by atoms with Crippen molar-refractivity contribution in [3.8, 4) is 0 Å². The second kappa shape index (κ2) is 13.2. The minimum Gasteiger partial charge on any atom is -0.269 e. The van der Waals surface area contributed by atoms with Crippen molar-refractivity contribution in [2.24, 2.45) is 0 Å². The van der Waals surface area contributed by atoms with Crippen molar-refractivity contribution < 1.29 is 18.8 Å². The molecule has 0 saturated heterocycles. The fourth-order valence-electron chi connectivity index (χ4n) is 0.484. The van der Waals surface area contributed by atoms with Crippen molar-refractivity contribution >= 4 is 52.6 Å². The van der Waals surface area contributed by atoms with Gasteiger partial charge in [-0.15, -0.1) is 12.4 Å². The number of halogens is 7. The number of benzene rings is 1. The molecule has 0 heterocycles. The van der Waals surface area contributed by atoms with E-state index in [1.165, 1.54) is 0 Å². The lowest BCUT2D eigenvalue weighted by Crippen LogP contribution is -1.69. The average Bonchev–Trinajstić information content (AvgIpc) is 1.83. The van der Waals surface area contributed by atoms with E-state index in [-0.39, 0.29) is 31.2 Å². The first-order valence-electron chi connectivity index (χ1n) is 2.33. The smallest absolute Gasteiger partial charge is 0.0728 e. The van der Waals surface area contributed by atoms with Crippen LogP contribution in [0.15, 0.2) is 27.6 Å². The van der Waals surface area contributed by atoms with E-state index in [0.717, 1.165) is 4.47 Å². The van der Waals surface area contributed by atoms with Gasteiger partial charge < -0.3 is 0 Å². The highest BCUT2D eigenvalue weighted by Crippen LogP contribution is 2.27. The molecular weight excluding hydrogens is 331 g/mol. The van der Waals surface area contributed by atoms with Crippen LogP contribution >= 0.6 is 52.6 Å². The molecule has 0 aliphatic rings. The molecule has 8 heteroatoms. The van der Waals surface area contributed by atoms with Crippen LogP contribution in [0.3, 0.4) is 0 Å². The first kappa shape index (κ1) is 29.2. The zero-order valence-electron chi connectivity index (χ0n) is 6.44. The van der Waals surface area contributed by atoms with E-state index in [1.807, 2.05) is 12.1 Å². The molecule has 0 aromatic heterocycles. The van der Waals surface area contributed by atoms with Crippen LogP contribution in [0.2, 0.25) is 5.02 Å². The Bertz CT molecular complexity index is 219. The molecule has 0 fully saturated rings. The van der Waals surface area contributed by atoms with Crippen LogP contribution in [0.25, 0.3) is 0 Å². The van der Waals surface area contributed by atoms with E-state index in [9.17, 15) is 0 Å². The van der Waals surface area contributed by atoms with Crippen LogP contribution in [-0.2, 0) is 0 Å². The Labute approximate surface area is 104 Å². The van der Waals surface area contributed by atoms with E-state index in [0.29, 0.717) is 9.92 Å². The second-order valence-corrected chi connectivity index (χ2v) is 3.22. The monoisotopic (exact) mass is 337 g/mol. The standard InChI is InChI=1S/C6H3BrClS.ClH.4FH/c7-4-2-1-3-5(9)6(4)8;;;;;/h1-3H;5*1H. The molecule has 1 aromatic carbocycles. The molecule has 0 aliphatic carbocycles. The van der Waals surface area contributed by atoms with Gasteiger partial charge in [0.2, 0.25) is 0 Å². The van der Waals surface area contributed by atoms with Gasteiger partial charge in [-0.05, 0) is 28.1 Å². The quantitative estimate of drug-likeness (QED) is 0.602. The van der Waals surface area contributed by atoms with Gasteiger partial charge in [0.1, 0.15) is 0 Å². The Hall–Kier alpha value is 0.220. The predicted octanol–water partition coefficient (Wildman–Crippen LogP) is 4.69. The molecule has 0 amide bonds. The van der Waals surface area contributed by atoms with Crippen LogP contribution in [0.5, 0.6) is 0 Å². The van der Waals surface area contributed by atoms with Gasteiger partial charge in [-0.25, -0.2) is 0 Å². The molecule has 0 spiro atoms. The van der Waals surface area contributed by atoms with Gasteiger partial charge in [-0.2, -0.15) is 0 Å². The van der Waals surface area contributed by atoms with E-state index in [4.69, 9.17) is 24.2 Å². The molecule has 1 radical (unpaired) electrons. The minimum atomic E-state index is 0. The molecule has 0 aliphatic heterocycles. The Morgan fingerprint density at radius 2 is 1.50 bits per heavy atom. The van der Waals surface area contributed by atoms with Crippen molar-refractivity contribution in [2.45, 2.75) is 4.90 Å². The second-order valence-electron chi connectivity index (χ2n) is 1.55. The molecule has 14 heavy (non-hydrogen) atoms. The fraction of sp³-hybridized carbons (Fsp3) is 0. The van der Waals surface area contributed by atoms with Crippen molar-refractivity contribution in [2.75, 3.05) is 0 Å². The summed E-state index contributed by atoms with van der Waals surface area (Å²) in [5.74, 6) is 0. The predicted molar refractivity (Wildman–Crippen MR) is 62.3 cm³/mol. The van der Waals surface area contributed by atoms with Crippen LogP contribution in [0, 0.1) is 0 Å². The minimum absolute atomic E-state index is 0. The Morgan fingerprint density at radius 3 is 1.79 bits per heavy atom. The summed E-state index contributed by atoms with van der Waals surface area (Å²) in [5.41, 5.74) is 0. The topological polar surface area (TPSA) is 0 Å². The van der Waals surface area contributed by atoms with Gasteiger partial charge in [0.15, 0.2) is 0 Å². The summed E-state index contributed by atoms with van der Waals surface area (Å²) in [4.78, 5) is 0.686. The number of rotatable bonds is 0. The third kappa shape index (κ3) is 7.61. The fourth-order valence-corrected chi connectivity index (χ4v) is 1.30. The first-order valence-corrected chi connectivity index (χ1v) is 3.91. The van der Waals surface area contributed by atoms with E-state index >= 15 is 0 Å². The molecule has 0 nitrogen and oxygen atoms in total. The molecule has 87 valence electrons. The summed E-state index contributed by atoms with van der Waals surface area (Å²) in [6, 6.07) is 5.51. The van der Waals surface area contributed by atoms with Gasteiger partial charge in [0.05, 0.1) is 9.92 Å². The maximum atomic E-state index is 5.73. The molecule has 1 aromatic rings. The van der Waals surface area contributed by atoms with Crippen molar-refractivity contribution in [1.29, 1.82) is 0 Å². The van der Waals surface area contributed by atoms with Crippen LogP contribution < -0.4 is 0 Å². The lowest BCUT2D eigenvalue weighted by Gasteiger charge is -1.94. The van der Waals surface area contributed by atoms with Gasteiger partial charge in [-0.1, -0.05) is 30.3 Å². The van der Waals surface area contributed by atoms with Crippen molar-refractivity contribution in [3.63, 3.8) is 0 Å². The lowest BCUT2D eigenvalue weighted by molar-refractivity contribution is 1.11. The summed E-state index contributed by atoms with van der Waals surface area (Å²) < 4.78 is 0.858. The SMILES string of the molecule is Cl.F.F.F.F.[S]c1cccc(Br)c1Cl. The highest BCUT2D eigenvalue weighted by atomic mass is 79.9. The summed E-state index contributed by atoms with van der Waals surface area (Å²) in [7, 11) is 0. The lowest BCUT2D eigenvalue weighted by atomic mass is 10.4. The summed E-state index contributed by atoms with van der Waals surface area (Å²) in [5, 5.41) is 0.618. The van der Waals surface area contributed by atoms with Crippen LogP contribution in [0.4, 0.5) is 18.8 Å². The number of hydrogen-bond acceptors (Lipinski definition) is 0. The third-order valence-corrected chi connectivity index (χ3v) is 2.66. The highest BCUT2D eigenvalue weighted by molar-refractivity contribution is 9.10. The summed E-state index contributed by atoms with van der Waals surface area (Å²) in [6.45, 7) is 0. The molecule has 0 atom stereocenters. The molecule has 0 saturated carbocycles. The van der Waals surface area contributed by atoms with Gasteiger partial charge in [-0.3, -0.25) is 18.8 Å². The van der Waals surface area contributed by atoms with Crippen molar-refractivity contribution in [1.82, 2.24) is 0 Å². The molecule has 0 bridgehead atoms. The maximum absolute atomic E-state index is 5.73. The maximum Gasteiger partial charge on any atom is 0.0728 e. The molecular formula is C6H8BrCl2F4S. The summed E-state index contributed by atoms with van der Waals surface area (Å²) in [6.07, 6.45) is 0. The normalized spacial score (nSPS) is 6.14. The van der Waals surface area contributed by atoms with Gasteiger partial charge in [0, 0.05) is 4.47 Å². The number of hydrogen-bond donors (Lipinski definition) is 0. The Morgan fingerprint density at radius 1 is 1.07 bits per heavy atom. The highest BCUT2D eigenvalue weighted by Gasteiger charge is 1.98. The third-order valence-electron chi connectivity index (χ3n) is 0.916. The molecule has 0 N–H and O–H groups in total. The van der Waals surface area contributed by atoms with Crippen molar-refractivity contribution in [3.05, 3.63) is 27.7 Å². The van der Waals surface area contributed by atoms with Crippen LogP contribution in [-0.4, -0.2) is 0 Å². The summed E-state index contributed by atoms with van der Waals surface area (Å²) >= 11 is 13.9. The molecule has 1 rings (SSSR count).